The van der Waals surface area contributed by atoms with Crippen LogP contribution in [0.1, 0.15) is 30.5 Å². The van der Waals surface area contributed by atoms with Crippen molar-refractivity contribution < 1.29 is 0 Å². The molecule has 0 fully saturated rings. The van der Waals surface area contributed by atoms with E-state index in [1.165, 1.54) is 105 Å². The van der Waals surface area contributed by atoms with Crippen LogP contribution in [0.25, 0.3) is 88.4 Å². The second-order valence-corrected chi connectivity index (χ2v) is 15.5. The Balaban J connectivity index is 1.05. The Hall–Kier alpha value is -6.64. The van der Waals surface area contributed by atoms with Gasteiger partial charge in [0.15, 0.2) is 0 Å². The van der Waals surface area contributed by atoms with Crippen molar-refractivity contribution in [3.8, 4) is 44.8 Å². The van der Waals surface area contributed by atoms with Gasteiger partial charge < -0.3 is 9.13 Å². The van der Waals surface area contributed by atoms with Gasteiger partial charge in [-0.15, -0.1) is 0 Å². The first-order chi connectivity index (χ1) is 26.4. The van der Waals surface area contributed by atoms with Gasteiger partial charge in [-0.25, -0.2) is 0 Å². The molecule has 256 valence electrons. The molecule has 1 aliphatic rings. The molecule has 54 heavy (non-hydrogen) atoms. The van der Waals surface area contributed by atoms with Crippen molar-refractivity contribution in [3.63, 3.8) is 0 Å². The summed E-state index contributed by atoms with van der Waals surface area (Å²) in [6.45, 7) is 6.90. The van der Waals surface area contributed by atoms with Crippen LogP contribution in [0.3, 0.4) is 0 Å². The smallest absolute Gasteiger partial charge is 0.0543 e. The molecule has 2 nitrogen and oxygen atoms in total. The fourth-order valence-electron chi connectivity index (χ4n) is 9.28. The lowest BCUT2D eigenvalue weighted by molar-refractivity contribution is 0.660. The molecule has 0 unspecified atom stereocenters. The van der Waals surface area contributed by atoms with Gasteiger partial charge in [0.2, 0.25) is 0 Å². The number of nitrogens with zero attached hydrogens (tertiary/aromatic N) is 2. The molecule has 0 atom stereocenters. The van der Waals surface area contributed by atoms with Crippen LogP contribution in [0.4, 0.5) is 0 Å². The molecule has 1 aliphatic carbocycles. The van der Waals surface area contributed by atoms with E-state index >= 15 is 0 Å². The number of hydrogen-bond acceptors (Lipinski definition) is 0. The first kappa shape index (κ1) is 30.9. The summed E-state index contributed by atoms with van der Waals surface area (Å²) in [5, 5.41) is 5.06. The van der Waals surface area contributed by atoms with Gasteiger partial charge in [-0.3, -0.25) is 0 Å². The molecule has 0 saturated carbocycles. The van der Waals surface area contributed by atoms with Crippen molar-refractivity contribution in [2.45, 2.75) is 26.2 Å². The van der Waals surface area contributed by atoms with Gasteiger partial charge in [-0.05, 0) is 118 Å². The largest absolute Gasteiger partial charge is 0.309 e. The summed E-state index contributed by atoms with van der Waals surface area (Å²) in [7, 11) is 0. The van der Waals surface area contributed by atoms with Crippen molar-refractivity contribution in [2.24, 2.45) is 0 Å². The number of aromatic nitrogens is 2. The molecule has 2 aromatic heterocycles. The highest BCUT2D eigenvalue weighted by Gasteiger charge is 2.35. The molecule has 2 heterocycles. The third-order valence-electron chi connectivity index (χ3n) is 12.0. The number of fused-ring (bicyclic) bond motifs is 9. The summed E-state index contributed by atoms with van der Waals surface area (Å²) in [6, 6.07) is 65.2. The highest BCUT2D eigenvalue weighted by atomic mass is 15.0. The molecule has 0 amide bonds. The number of rotatable bonds is 4. The van der Waals surface area contributed by atoms with Crippen LogP contribution in [0.2, 0.25) is 0 Å². The van der Waals surface area contributed by atoms with Crippen LogP contribution in [0.5, 0.6) is 0 Å². The Kier molecular flexibility index (Phi) is 6.55. The summed E-state index contributed by atoms with van der Waals surface area (Å²) in [5.41, 5.74) is 18.8. The fraction of sp³-hybridized carbons (Fsp3) is 0.0769. The summed E-state index contributed by atoms with van der Waals surface area (Å²) < 4.78 is 4.87. The summed E-state index contributed by atoms with van der Waals surface area (Å²) in [6.07, 6.45) is 0. The highest BCUT2D eigenvalue weighted by molar-refractivity contribution is 6.13. The van der Waals surface area contributed by atoms with E-state index < -0.39 is 0 Å². The van der Waals surface area contributed by atoms with Crippen molar-refractivity contribution in [2.75, 3.05) is 0 Å². The Labute approximate surface area is 315 Å². The fourth-order valence-corrected chi connectivity index (χ4v) is 9.28. The SMILES string of the molecule is Cc1ccc2c3cc(-c4ccc5c(c4)c4ccccc4n5-c4ccc5c(c4)C(C)(C)c4ccccc4-5)ccc3n(-c3ccc(-c4ccccc4)cc3)c2c1. The minimum atomic E-state index is -0.0556. The Bertz CT molecular complexity index is 3120. The topological polar surface area (TPSA) is 9.86 Å². The molecular weight excluding hydrogens is 653 g/mol. The van der Waals surface area contributed by atoms with E-state index in [1.54, 1.807) is 0 Å². The average molecular weight is 691 g/mol. The van der Waals surface area contributed by atoms with Crippen molar-refractivity contribution >= 4 is 43.6 Å². The molecule has 8 aromatic carbocycles. The number of benzene rings is 8. The maximum Gasteiger partial charge on any atom is 0.0543 e. The van der Waals surface area contributed by atoms with Gasteiger partial charge in [0.05, 0.1) is 22.1 Å². The molecule has 0 N–H and O–H groups in total. The zero-order chi connectivity index (χ0) is 36.1. The van der Waals surface area contributed by atoms with E-state index in [4.69, 9.17) is 0 Å². The van der Waals surface area contributed by atoms with Crippen LogP contribution >= 0.6 is 0 Å². The molecule has 2 heteroatoms. The van der Waals surface area contributed by atoms with E-state index in [2.05, 4.69) is 206 Å². The minimum Gasteiger partial charge on any atom is -0.309 e. The van der Waals surface area contributed by atoms with Gasteiger partial charge in [-0.1, -0.05) is 129 Å². The van der Waals surface area contributed by atoms with Crippen LogP contribution in [0, 0.1) is 6.92 Å². The quantitative estimate of drug-likeness (QED) is 0.174. The molecule has 10 aromatic rings. The maximum atomic E-state index is 2.45. The standard InChI is InChI=1S/C52H38N2/c1-33-17-25-43-45-31-37(20-27-49(45)53(51(43)29-33)38-22-18-35(19-23-38)34-11-5-4-6-12-34)36-21-28-50-44(30-36)42-14-8-10-16-48(42)54(50)39-24-26-41-40-13-7-9-15-46(40)52(2,3)47(41)32-39/h4-32H,1-3H3. The van der Waals surface area contributed by atoms with Gasteiger partial charge in [0, 0.05) is 38.3 Å². The molecular formula is C52H38N2. The zero-order valence-electron chi connectivity index (χ0n) is 30.6. The van der Waals surface area contributed by atoms with Crippen molar-refractivity contribution in [1.82, 2.24) is 9.13 Å². The monoisotopic (exact) mass is 690 g/mol. The predicted molar refractivity (Wildman–Crippen MR) is 228 cm³/mol. The number of aryl methyl sites for hydroxylation is 1. The van der Waals surface area contributed by atoms with Crippen LogP contribution in [-0.4, -0.2) is 9.13 Å². The first-order valence-corrected chi connectivity index (χ1v) is 18.9. The van der Waals surface area contributed by atoms with E-state index in [0.717, 1.165) is 0 Å². The Morgan fingerprint density at radius 1 is 0.352 bits per heavy atom. The Morgan fingerprint density at radius 2 is 0.907 bits per heavy atom. The molecule has 0 spiro atoms. The second-order valence-electron chi connectivity index (χ2n) is 15.5. The molecule has 0 saturated heterocycles. The van der Waals surface area contributed by atoms with Crippen LogP contribution < -0.4 is 0 Å². The third-order valence-corrected chi connectivity index (χ3v) is 12.0. The van der Waals surface area contributed by atoms with Gasteiger partial charge in [0.25, 0.3) is 0 Å². The lowest BCUT2D eigenvalue weighted by Crippen LogP contribution is -2.15. The van der Waals surface area contributed by atoms with Crippen molar-refractivity contribution in [3.05, 3.63) is 193 Å². The lowest BCUT2D eigenvalue weighted by Gasteiger charge is -2.22. The summed E-state index contributed by atoms with van der Waals surface area (Å²) in [4.78, 5) is 0. The van der Waals surface area contributed by atoms with Crippen LogP contribution in [0.15, 0.2) is 176 Å². The molecule has 0 aliphatic heterocycles. The van der Waals surface area contributed by atoms with Crippen molar-refractivity contribution in [1.29, 1.82) is 0 Å². The predicted octanol–water partition coefficient (Wildman–Crippen LogP) is 13.8. The van der Waals surface area contributed by atoms with Gasteiger partial charge in [-0.2, -0.15) is 0 Å². The summed E-state index contributed by atoms with van der Waals surface area (Å²) >= 11 is 0. The van der Waals surface area contributed by atoms with Crippen LogP contribution in [-0.2, 0) is 5.41 Å². The van der Waals surface area contributed by atoms with Gasteiger partial charge >= 0.3 is 0 Å². The maximum absolute atomic E-state index is 2.45. The summed E-state index contributed by atoms with van der Waals surface area (Å²) in [5.74, 6) is 0. The average Bonchev–Trinajstić information content (AvgIpc) is 3.80. The zero-order valence-corrected chi connectivity index (χ0v) is 30.6. The van der Waals surface area contributed by atoms with E-state index in [0.29, 0.717) is 0 Å². The second kappa shape index (κ2) is 11.4. The lowest BCUT2D eigenvalue weighted by atomic mass is 9.82. The first-order valence-electron chi connectivity index (χ1n) is 18.9. The Morgan fingerprint density at radius 3 is 1.67 bits per heavy atom. The van der Waals surface area contributed by atoms with Gasteiger partial charge in [0.1, 0.15) is 0 Å². The molecule has 0 bridgehead atoms. The van der Waals surface area contributed by atoms with E-state index in [1.807, 2.05) is 0 Å². The number of hydrogen-bond donors (Lipinski definition) is 0. The van der Waals surface area contributed by atoms with E-state index in [-0.39, 0.29) is 5.41 Å². The molecule has 0 radical (unpaired) electrons. The highest BCUT2D eigenvalue weighted by Crippen LogP contribution is 2.49. The minimum absolute atomic E-state index is 0.0556. The normalized spacial score (nSPS) is 13.2. The number of para-hydroxylation sites is 1. The third kappa shape index (κ3) is 4.47. The molecule has 11 rings (SSSR count). The van der Waals surface area contributed by atoms with E-state index in [9.17, 15) is 0 Å².